The van der Waals surface area contributed by atoms with E-state index in [2.05, 4.69) is 15.3 Å². The molecular weight excluding hydrogens is 216 g/mol. The lowest BCUT2D eigenvalue weighted by Gasteiger charge is -2.10. The Kier molecular flexibility index (Phi) is 3.08. The van der Waals surface area contributed by atoms with Crippen LogP contribution in [0.15, 0.2) is 23.1 Å². The topological polar surface area (TPSA) is 59.8 Å². The van der Waals surface area contributed by atoms with Crippen molar-refractivity contribution >= 4 is 17.0 Å². The molecule has 0 aliphatic carbocycles. The normalized spacial score (nSPS) is 11.1. The van der Waals surface area contributed by atoms with Crippen molar-refractivity contribution in [3.05, 3.63) is 28.7 Å². The SMILES string of the molecule is CCn1c(=O)ccc2cnc(NC(C)C)nc21. The first-order chi connectivity index (χ1) is 8.11. The first-order valence-electron chi connectivity index (χ1n) is 5.75. The summed E-state index contributed by atoms with van der Waals surface area (Å²) in [5.74, 6) is 0.556. The Morgan fingerprint density at radius 1 is 1.41 bits per heavy atom. The third-order valence-electron chi connectivity index (χ3n) is 2.46. The maximum absolute atomic E-state index is 11.7. The third kappa shape index (κ3) is 2.27. The lowest BCUT2D eigenvalue weighted by atomic mass is 10.3. The summed E-state index contributed by atoms with van der Waals surface area (Å²) in [4.78, 5) is 20.3. The van der Waals surface area contributed by atoms with Crippen molar-refractivity contribution in [1.29, 1.82) is 0 Å². The van der Waals surface area contributed by atoms with Gasteiger partial charge in [-0.05, 0) is 26.8 Å². The van der Waals surface area contributed by atoms with Crippen molar-refractivity contribution in [1.82, 2.24) is 14.5 Å². The van der Waals surface area contributed by atoms with Gasteiger partial charge in [0, 0.05) is 30.2 Å². The molecule has 0 aromatic carbocycles. The van der Waals surface area contributed by atoms with Crippen molar-refractivity contribution in [3.63, 3.8) is 0 Å². The van der Waals surface area contributed by atoms with Crippen LogP contribution in [0, 0.1) is 0 Å². The molecule has 0 amide bonds. The lowest BCUT2D eigenvalue weighted by molar-refractivity contribution is 0.747. The number of pyridine rings is 1. The monoisotopic (exact) mass is 232 g/mol. The van der Waals surface area contributed by atoms with Crippen LogP contribution in [-0.2, 0) is 6.54 Å². The van der Waals surface area contributed by atoms with Gasteiger partial charge in [-0.25, -0.2) is 4.98 Å². The van der Waals surface area contributed by atoms with Crippen LogP contribution in [0.25, 0.3) is 11.0 Å². The van der Waals surface area contributed by atoms with Crippen LogP contribution in [0.4, 0.5) is 5.95 Å². The van der Waals surface area contributed by atoms with Crippen LogP contribution in [0.3, 0.4) is 0 Å². The maximum Gasteiger partial charge on any atom is 0.252 e. The van der Waals surface area contributed by atoms with Crippen molar-refractivity contribution in [2.45, 2.75) is 33.4 Å². The Balaban J connectivity index is 2.61. The molecule has 0 atom stereocenters. The molecule has 5 heteroatoms. The molecular formula is C12H16N4O. The van der Waals surface area contributed by atoms with Gasteiger partial charge in [0.15, 0.2) is 0 Å². The van der Waals surface area contributed by atoms with Gasteiger partial charge >= 0.3 is 0 Å². The number of rotatable bonds is 3. The smallest absolute Gasteiger partial charge is 0.252 e. The highest BCUT2D eigenvalue weighted by Crippen LogP contribution is 2.11. The van der Waals surface area contributed by atoms with Crippen LogP contribution in [-0.4, -0.2) is 20.6 Å². The highest BCUT2D eigenvalue weighted by Gasteiger charge is 2.05. The number of hydrogen-bond acceptors (Lipinski definition) is 4. The number of fused-ring (bicyclic) bond motifs is 1. The summed E-state index contributed by atoms with van der Waals surface area (Å²) in [6.45, 7) is 6.57. The van der Waals surface area contributed by atoms with E-state index >= 15 is 0 Å². The average molecular weight is 232 g/mol. The zero-order chi connectivity index (χ0) is 12.4. The second kappa shape index (κ2) is 4.53. The van der Waals surface area contributed by atoms with Crippen molar-refractivity contribution in [2.24, 2.45) is 0 Å². The highest BCUT2D eigenvalue weighted by atomic mass is 16.1. The molecule has 0 unspecified atom stereocenters. The zero-order valence-corrected chi connectivity index (χ0v) is 10.3. The van der Waals surface area contributed by atoms with Gasteiger partial charge in [0.05, 0.1) is 0 Å². The molecule has 2 heterocycles. The van der Waals surface area contributed by atoms with E-state index in [1.807, 2.05) is 20.8 Å². The van der Waals surface area contributed by atoms with Crippen LogP contribution in [0.5, 0.6) is 0 Å². The van der Waals surface area contributed by atoms with Crippen LogP contribution in [0.2, 0.25) is 0 Å². The average Bonchev–Trinajstić information content (AvgIpc) is 2.28. The minimum absolute atomic E-state index is 0.0332. The lowest BCUT2D eigenvalue weighted by Crippen LogP contribution is -2.20. The van der Waals surface area contributed by atoms with E-state index in [0.717, 1.165) is 5.39 Å². The van der Waals surface area contributed by atoms with Gasteiger partial charge < -0.3 is 5.32 Å². The molecule has 17 heavy (non-hydrogen) atoms. The number of aryl methyl sites for hydroxylation is 1. The molecule has 0 saturated carbocycles. The van der Waals surface area contributed by atoms with Crippen LogP contribution < -0.4 is 10.9 Å². The minimum atomic E-state index is -0.0332. The number of aromatic nitrogens is 3. The maximum atomic E-state index is 11.7. The van der Waals surface area contributed by atoms with Crippen molar-refractivity contribution in [2.75, 3.05) is 5.32 Å². The molecule has 0 aliphatic heterocycles. The standard InChI is InChI=1S/C12H16N4O/c1-4-16-10(17)6-5-9-7-13-12(14-8(2)3)15-11(9)16/h5-8H,4H2,1-3H3,(H,13,14,15). The first-order valence-corrected chi connectivity index (χ1v) is 5.75. The van der Waals surface area contributed by atoms with Gasteiger partial charge in [0.2, 0.25) is 5.95 Å². The summed E-state index contributed by atoms with van der Waals surface area (Å²) in [7, 11) is 0. The first kappa shape index (κ1) is 11.6. The molecule has 90 valence electrons. The van der Waals surface area contributed by atoms with Gasteiger partial charge in [0.25, 0.3) is 5.56 Å². The number of hydrogen-bond donors (Lipinski definition) is 1. The third-order valence-corrected chi connectivity index (χ3v) is 2.46. The molecule has 0 aliphatic rings. The van der Waals surface area contributed by atoms with Crippen molar-refractivity contribution in [3.8, 4) is 0 Å². The summed E-state index contributed by atoms with van der Waals surface area (Å²) in [6.07, 6.45) is 1.73. The minimum Gasteiger partial charge on any atom is -0.352 e. The van der Waals surface area contributed by atoms with E-state index < -0.39 is 0 Å². The molecule has 0 fully saturated rings. The predicted molar refractivity (Wildman–Crippen MR) is 68.2 cm³/mol. The van der Waals surface area contributed by atoms with E-state index in [0.29, 0.717) is 18.1 Å². The summed E-state index contributed by atoms with van der Waals surface area (Å²) in [6, 6.07) is 3.56. The second-order valence-corrected chi connectivity index (χ2v) is 4.19. The fourth-order valence-corrected chi connectivity index (χ4v) is 1.70. The predicted octanol–water partition coefficient (Wildman–Crippen LogP) is 1.63. The van der Waals surface area contributed by atoms with E-state index in [1.54, 1.807) is 22.9 Å². The summed E-state index contributed by atoms with van der Waals surface area (Å²) >= 11 is 0. The Morgan fingerprint density at radius 2 is 2.18 bits per heavy atom. The molecule has 2 aromatic heterocycles. The van der Waals surface area contributed by atoms with Crippen molar-refractivity contribution < 1.29 is 0 Å². The van der Waals surface area contributed by atoms with E-state index in [4.69, 9.17) is 0 Å². The van der Waals surface area contributed by atoms with Crippen LogP contribution in [0.1, 0.15) is 20.8 Å². The fourth-order valence-electron chi connectivity index (χ4n) is 1.70. The molecule has 0 radical (unpaired) electrons. The van der Waals surface area contributed by atoms with Gasteiger partial charge in [-0.1, -0.05) is 0 Å². The van der Waals surface area contributed by atoms with E-state index in [1.165, 1.54) is 0 Å². The molecule has 2 aromatic rings. The Bertz CT molecular complexity index is 589. The van der Waals surface area contributed by atoms with Gasteiger partial charge in [-0.15, -0.1) is 0 Å². The molecule has 2 rings (SSSR count). The van der Waals surface area contributed by atoms with E-state index in [9.17, 15) is 4.79 Å². The number of nitrogens with one attached hydrogen (secondary N) is 1. The Labute approximate surface area is 99.5 Å². The summed E-state index contributed by atoms with van der Waals surface area (Å²) in [5.41, 5.74) is 0.646. The molecule has 0 saturated heterocycles. The Morgan fingerprint density at radius 3 is 2.82 bits per heavy atom. The number of anilines is 1. The molecule has 0 bridgehead atoms. The largest absolute Gasteiger partial charge is 0.352 e. The Hall–Kier alpha value is -1.91. The van der Waals surface area contributed by atoms with Gasteiger partial charge in [-0.2, -0.15) is 4.98 Å². The van der Waals surface area contributed by atoms with Gasteiger partial charge in [0.1, 0.15) is 5.65 Å². The molecule has 5 nitrogen and oxygen atoms in total. The van der Waals surface area contributed by atoms with E-state index in [-0.39, 0.29) is 11.6 Å². The number of nitrogens with zero attached hydrogens (tertiary/aromatic N) is 3. The molecule has 1 N–H and O–H groups in total. The van der Waals surface area contributed by atoms with Crippen LogP contribution >= 0.6 is 0 Å². The molecule has 0 spiro atoms. The van der Waals surface area contributed by atoms with Gasteiger partial charge in [-0.3, -0.25) is 9.36 Å². The second-order valence-electron chi connectivity index (χ2n) is 4.19. The quantitative estimate of drug-likeness (QED) is 0.873. The summed E-state index contributed by atoms with van der Waals surface area (Å²) < 4.78 is 1.64. The highest BCUT2D eigenvalue weighted by molar-refractivity contribution is 5.74. The fraction of sp³-hybridized carbons (Fsp3) is 0.417. The summed E-state index contributed by atoms with van der Waals surface area (Å²) in [5, 5.41) is 4.01. The zero-order valence-electron chi connectivity index (χ0n) is 10.3.